The summed E-state index contributed by atoms with van der Waals surface area (Å²) in [7, 11) is -3.88. The van der Waals surface area contributed by atoms with Crippen molar-refractivity contribution in [2.75, 3.05) is 13.1 Å². The highest BCUT2D eigenvalue weighted by molar-refractivity contribution is 7.89. The third kappa shape index (κ3) is 8.04. The number of hydrogen-bond donors (Lipinski definition) is 3. The molecule has 1 atom stereocenters. The molecule has 9 heteroatoms. The van der Waals surface area contributed by atoms with Gasteiger partial charge in [0.05, 0.1) is 23.0 Å². The van der Waals surface area contributed by atoms with Gasteiger partial charge in [0.15, 0.2) is 0 Å². The average Bonchev–Trinajstić information content (AvgIpc) is 2.80. The number of carbonyl (C=O) groups excluding carboxylic acids is 2. The first-order valence-corrected chi connectivity index (χ1v) is 12.7. The molecule has 1 aliphatic heterocycles. The molecule has 0 radical (unpaired) electrons. The molecule has 0 aromatic heterocycles. The van der Waals surface area contributed by atoms with Crippen LogP contribution in [0, 0.1) is 5.92 Å². The summed E-state index contributed by atoms with van der Waals surface area (Å²) in [5.74, 6) is -0.913. The third-order valence-electron chi connectivity index (χ3n) is 5.68. The molecule has 3 rings (SSSR count). The van der Waals surface area contributed by atoms with Crippen LogP contribution in [0.4, 0.5) is 0 Å². The van der Waals surface area contributed by atoms with Crippen molar-refractivity contribution in [3.8, 4) is 0 Å². The van der Waals surface area contributed by atoms with Crippen LogP contribution in [0.2, 0.25) is 0 Å². The van der Waals surface area contributed by atoms with Gasteiger partial charge in [-0.3, -0.25) is 4.79 Å². The molecule has 1 saturated heterocycles. The summed E-state index contributed by atoms with van der Waals surface area (Å²) in [5.41, 5.74) is 7.11. The van der Waals surface area contributed by atoms with Gasteiger partial charge in [-0.1, -0.05) is 36.8 Å². The number of nitrogens with two attached hydrogens (primary N) is 1. The zero-order valence-corrected chi connectivity index (χ0v) is 19.4. The van der Waals surface area contributed by atoms with E-state index in [4.69, 9.17) is 10.5 Å². The number of piperidine rings is 1. The van der Waals surface area contributed by atoms with E-state index in [-0.39, 0.29) is 10.5 Å². The molecule has 1 heterocycles. The van der Waals surface area contributed by atoms with Gasteiger partial charge >= 0.3 is 11.9 Å². The second-order valence-electron chi connectivity index (χ2n) is 8.29. The average molecular weight is 474 g/mol. The summed E-state index contributed by atoms with van der Waals surface area (Å²) in [6.07, 6.45) is 4.00. The first-order chi connectivity index (χ1) is 15.8. The molecule has 0 amide bonds. The minimum atomic E-state index is -3.88. The summed E-state index contributed by atoms with van der Waals surface area (Å²) in [4.78, 5) is 24.3. The second kappa shape index (κ2) is 12.0. The summed E-state index contributed by atoms with van der Waals surface area (Å²) >= 11 is 0. The Morgan fingerprint density at radius 2 is 1.73 bits per heavy atom. The highest BCUT2D eigenvalue weighted by Crippen LogP contribution is 2.19. The van der Waals surface area contributed by atoms with Crippen LogP contribution in [-0.2, 0) is 26.0 Å². The summed E-state index contributed by atoms with van der Waals surface area (Å²) in [5, 5.41) is 3.37. The molecule has 0 unspecified atom stereocenters. The number of ether oxygens (including phenoxy) is 1. The molecule has 33 heavy (non-hydrogen) atoms. The topological polar surface area (TPSA) is 128 Å². The number of carbonyl (C=O) groups is 2. The molecule has 0 spiro atoms. The largest absolute Gasteiger partial charge is 0.389 e. The quantitative estimate of drug-likeness (QED) is 0.275. The van der Waals surface area contributed by atoms with E-state index >= 15 is 0 Å². The maximum atomic E-state index is 12.3. The molecule has 0 aliphatic carbocycles. The Hall–Kier alpha value is -2.59. The normalized spacial score (nSPS) is 15.7. The fourth-order valence-corrected chi connectivity index (χ4v) is 5.00. The Balaban J connectivity index is 1.42. The minimum absolute atomic E-state index is 0.0285. The summed E-state index contributed by atoms with van der Waals surface area (Å²) in [6, 6.07) is 14.7. The van der Waals surface area contributed by atoms with Crippen molar-refractivity contribution in [3.63, 3.8) is 0 Å². The van der Waals surface area contributed by atoms with E-state index in [1.807, 2.05) is 12.1 Å². The number of aryl methyl sites for hydroxylation is 1. The van der Waals surface area contributed by atoms with Gasteiger partial charge in [0.25, 0.3) is 0 Å². The molecule has 8 nitrogen and oxygen atoms in total. The van der Waals surface area contributed by atoms with E-state index in [1.165, 1.54) is 31.4 Å². The van der Waals surface area contributed by atoms with E-state index < -0.39 is 34.5 Å². The molecule has 2 aromatic rings. The number of esters is 2. The lowest BCUT2D eigenvalue weighted by molar-refractivity contribution is -0.138. The molecule has 1 aliphatic rings. The Kier molecular flexibility index (Phi) is 9.13. The van der Waals surface area contributed by atoms with E-state index in [0.717, 1.165) is 37.4 Å². The molecule has 1 fully saturated rings. The zero-order valence-electron chi connectivity index (χ0n) is 18.5. The van der Waals surface area contributed by atoms with Crippen LogP contribution in [0.5, 0.6) is 0 Å². The van der Waals surface area contributed by atoms with Crippen LogP contribution < -0.4 is 15.8 Å². The lowest BCUT2D eigenvalue weighted by Crippen LogP contribution is -2.43. The number of rotatable bonds is 10. The van der Waals surface area contributed by atoms with Crippen LogP contribution in [0.25, 0.3) is 0 Å². The number of sulfonamides is 1. The van der Waals surface area contributed by atoms with Crippen LogP contribution in [0.3, 0.4) is 0 Å². The highest BCUT2D eigenvalue weighted by atomic mass is 32.2. The number of nitrogens with one attached hydrogen (secondary N) is 2. The van der Waals surface area contributed by atoms with E-state index in [2.05, 4.69) is 10.0 Å². The van der Waals surface area contributed by atoms with Crippen molar-refractivity contribution in [2.24, 2.45) is 11.7 Å². The Bertz CT molecular complexity index is 1020. The molecular formula is C24H31N3O5S. The van der Waals surface area contributed by atoms with Crippen LogP contribution in [0.1, 0.15) is 48.0 Å². The lowest BCUT2D eigenvalue weighted by Gasteiger charge is -2.22. The summed E-state index contributed by atoms with van der Waals surface area (Å²) < 4.78 is 31.5. The van der Waals surface area contributed by atoms with Crippen molar-refractivity contribution in [1.29, 1.82) is 0 Å². The first-order valence-electron chi connectivity index (χ1n) is 11.2. The van der Waals surface area contributed by atoms with Crippen molar-refractivity contribution in [2.45, 2.75) is 49.6 Å². The van der Waals surface area contributed by atoms with E-state index in [0.29, 0.717) is 0 Å². The van der Waals surface area contributed by atoms with E-state index in [1.54, 1.807) is 30.3 Å². The fraction of sp³-hybridized carbons (Fsp3) is 0.417. The number of hydrogen-bond acceptors (Lipinski definition) is 7. The van der Waals surface area contributed by atoms with Gasteiger partial charge in [-0.05, 0) is 74.5 Å². The maximum Gasteiger partial charge on any atom is 0.345 e. The van der Waals surface area contributed by atoms with Gasteiger partial charge in [0, 0.05) is 0 Å². The first kappa shape index (κ1) is 25.0. The van der Waals surface area contributed by atoms with Gasteiger partial charge in [-0.15, -0.1) is 0 Å². The van der Waals surface area contributed by atoms with Gasteiger partial charge < -0.3 is 15.8 Å². The second-order valence-corrected chi connectivity index (χ2v) is 10.0. The SMILES string of the molecule is N[C@H](CC(=O)OC(=O)c1ccc(CCCC2CCNCC2)cc1)NS(=O)(=O)c1ccccc1. The molecule has 2 aromatic carbocycles. The van der Waals surface area contributed by atoms with Crippen molar-refractivity contribution >= 4 is 22.0 Å². The van der Waals surface area contributed by atoms with Crippen molar-refractivity contribution in [1.82, 2.24) is 10.0 Å². The van der Waals surface area contributed by atoms with Crippen LogP contribution in [-0.4, -0.2) is 39.6 Å². The van der Waals surface area contributed by atoms with Gasteiger partial charge in [0.1, 0.15) is 0 Å². The van der Waals surface area contributed by atoms with Crippen LogP contribution >= 0.6 is 0 Å². The lowest BCUT2D eigenvalue weighted by atomic mass is 9.91. The molecule has 4 N–H and O–H groups in total. The van der Waals surface area contributed by atoms with Gasteiger partial charge in [-0.25, -0.2) is 13.2 Å². The Morgan fingerprint density at radius 3 is 2.39 bits per heavy atom. The smallest absolute Gasteiger partial charge is 0.345 e. The van der Waals surface area contributed by atoms with E-state index in [9.17, 15) is 18.0 Å². The fourth-order valence-electron chi connectivity index (χ4n) is 3.86. The predicted octanol–water partition coefficient (Wildman–Crippen LogP) is 2.35. The summed E-state index contributed by atoms with van der Waals surface area (Å²) in [6.45, 7) is 2.20. The monoisotopic (exact) mass is 473 g/mol. The molecule has 0 saturated carbocycles. The molecular weight excluding hydrogens is 442 g/mol. The van der Waals surface area contributed by atoms with Gasteiger partial charge in [0.2, 0.25) is 10.0 Å². The molecule has 178 valence electrons. The van der Waals surface area contributed by atoms with Crippen molar-refractivity contribution in [3.05, 3.63) is 65.7 Å². The maximum absolute atomic E-state index is 12.3. The van der Waals surface area contributed by atoms with Crippen LogP contribution in [0.15, 0.2) is 59.5 Å². The van der Waals surface area contributed by atoms with Crippen molar-refractivity contribution < 1.29 is 22.7 Å². The standard InChI is InChI=1S/C24H31N3O5S/c25-22(27-33(30,31)21-7-2-1-3-8-21)17-23(28)32-24(29)20-11-9-18(10-12-20)5-4-6-19-13-15-26-16-14-19/h1-3,7-12,19,22,26-27H,4-6,13-17,25H2/t22-/m0/s1. The predicted molar refractivity (Wildman–Crippen MR) is 125 cm³/mol. The highest BCUT2D eigenvalue weighted by Gasteiger charge is 2.21. The minimum Gasteiger partial charge on any atom is -0.389 e. The Morgan fingerprint density at radius 1 is 1.06 bits per heavy atom. The third-order valence-corrected chi connectivity index (χ3v) is 7.19. The number of benzene rings is 2. The Labute approximate surface area is 194 Å². The zero-order chi connectivity index (χ0) is 23.7. The molecule has 0 bridgehead atoms. The van der Waals surface area contributed by atoms with Gasteiger partial charge in [-0.2, -0.15) is 4.72 Å².